The third-order valence-corrected chi connectivity index (χ3v) is 4.86. The van der Waals surface area contributed by atoms with E-state index in [1.807, 2.05) is 6.92 Å². The Bertz CT molecular complexity index is 629. The average Bonchev–Trinajstić information content (AvgIpc) is 2.98. The Hall–Kier alpha value is -1.96. The minimum absolute atomic E-state index is 0.159. The summed E-state index contributed by atoms with van der Waals surface area (Å²) in [5, 5.41) is 3.25. The molecule has 1 N–H and O–H groups in total. The number of benzene rings is 1. The van der Waals surface area contributed by atoms with Crippen LogP contribution < -0.4 is 15.0 Å². The molecule has 7 heteroatoms. The lowest BCUT2D eigenvalue weighted by Crippen LogP contribution is -2.41. The van der Waals surface area contributed by atoms with Crippen LogP contribution in [0.15, 0.2) is 24.3 Å². The third kappa shape index (κ3) is 5.28. The van der Waals surface area contributed by atoms with E-state index >= 15 is 0 Å². The van der Waals surface area contributed by atoms with E-state index in [1.165, 1.54) is 4.90 Å². The molecule has 0 bridgehead atoms. The zero-order valence-electron chi connectivity index (χ0n) is 16.0. The summed E-state index contributed by atoms with van der Waals surface area (Å²) in [7, 11) is 0. The van der Waals surface area contributed by atoms with Crippen molar-refractivity contribution in [3.05, 3.63) is 24.3 Å². The standard InChI is InChI=1S/C20H29N3O4/c1-2-12-27-17-6-4-16(5-7-17)23-19(24)15-18(20(23)25)21-8-3-9-22-10-13-26-14-11-22/h4-7,18,21H,2-3,8-15H2,1H3/t18-/m0/s1. The molecular formula is C20H29N3O4. The molecule has 2 fully saturated rings. The van der Waals surface area contributed by atoms with Crippen LogP contribution >= 0.6 is 0 Å². The van der Waals surface area contributed by atoms with Crippen LogP contribution in [0.2, 0.25) is 0 Å². The number of rotatable bonds is 9. The highest BCUT2D eigenvalue weighted by Crippen LogP contribution is 2.25. The predicted octanol–water partition coefficient (Wildman–Crippen LogP) is 1.42. The normalized spacial score (nSPS) is 21.1. The topological polar surface area (TPSA) is 71.1 Å². The monoisotopic (exact) mass is 375 g/mol. The van der Waals surface area contributed by atoms with Crippen LogP contribution in [-0.4, -0.2) is 68.8 Å². The van der Waals surface area contributed by atoms with Gasteiger partial charge in [-0.2, -0.15) is 0 Å². The van der Waals surface area contributed by atoms with E-state index in [-0.39, 0.29) is 18.2 Å². The van der Waals surface area contributed by atoms with E-state index < -0.39 is 6.04 Å². The van der Waals surface area contributed by atoms with Gasteiger partial charge in [0, 0.05) is 13.1 Å². The molecule has 1 aromatic rings. The number of hydrogen-bond acceptors (Lipinski definition) is 6. The van der Waals surface area contributed by atoms with E-state index in [2.05, 4.69) is 10.2 Å². The number of carbonyl (C=O) groups is 2. The van der Waals surface area contributed by atoms with Crippen molar-refractivity contribution in [3.63, 3.8) is 0 Å². The van der Waals surface area contributed by atoms with Gasteiger partial charge in [-0.1, -0.05) is 6.92 Å². The molecule has 7 nitrogen and oxygen atoms in total. The maximum Gasteiger partial charge on any atom is 0.251 e. The fraction of sp³-hybridized carbons (Fsp3) is 0.600. The fourth-order valence-corrected chi connectivity index (χ4v) is 3.38. The fourth-order valence-electron chi connectivity index (χ4n) is 3.38. The summed E-state index contributed by atoms with van der Waals surface area (Å²) in [6, 6.07) is 6.70. The summed E-state index contributed by atoms with van der Waals surface area (Å²) in [5.74, 6) is 0.416. The first-order chi connectivity index (χ1) is 13.2. The summed E-state index contributed by atoms with van der Waals surface area (Å²) >= 11 is 0. The highest BCUT2D eigenvalue weighted by molar-refractivity contribution is 6.22. The number of hydrogen-bond donors (Lipinski definition) is 1. The second kappa shape index (κ2) is 9.82. The smallest absolute Gasteiger partial charge is 0.251 e. The molecule has 1 aromatic carbocycles. The van der Waals surface area contributed by atoms with Crippen LogP contribution in [-0.2, 0) is 14.3 Å². The van der Waals surface area contributed by atoms with Gasteiger partial charge in [-0.3, -0.25) is 14.5 Å². The molecule has 0 radical (unpaired) electrons. The second-order valence-electron chi connectivity index (χ2n) is 6.93. The number of anilines is 1. The number of ether oxygens (including phenoxy) is 2. The number of carbonyl (C=O) groups excluding carboxylic acids is 2. The van der Waals surface area contributed by atoms with Crippen molar-refractivity contribution in [2.24, 2.45) is 0 Å². The zero-order chi connectivity index (χ0) is 19.1. The van der Waals surface area contributed by atoms with Crippen molar-refractivity contribution < 1.29 is 19.1 Å². The molecule has 148 valence electrons. The van der Waals surface area contributed by atoms with Gasteiger partial charge in [-0.25, -0.2) is 4.90 Å². The van der Waals surface area contributed by atoms with Gasteiger partial charge in [-0.05, 0) is 50.2 Å². The van der Waals surface area contributed by atoms with Crippen LogP contribution in [0.1, 0.15) is 26.2 Å². The summed E-state index contributed by atoms with van der Waals surface area (Å²) in [5.41, 5.74) is 0.603. The van der Waals surface area contributed by atoms with Gasteiger partial charge in [0.15, 0.2) is 0 Å². The largest absolute Gasteiger partial charge is 0.494 e. The number of nitrogens with zero attached hydrogens (tertiary/aromatic N) is 2. The molecule has 2 amide bonds. The molecule has 0 spiro atoms. The zero-order valence-corrected chi connectivity index (χ0v) is 16.0. The average molecular weight is 375 g/mol. The lowest BCUT2D eigenvalue weighted by atomic mass is 10.2. The van der Waals surface area contributed by atoms with E-state index in [1.54, 1.807) is 24.3 Å². The molecule has 27 heavy (non-hydrogen) atoms. The van der Waals surface area contributed by atoms with Gasteiger partial charge < -0.3 is 14.8 Å². The van der Waals surface area contributed by atoms with Gasteiger partial charge in [-0.15, -0.1) is 0 Å². The van der Waals surface area contributed by atoms with Crippen molar-refractivity contribution in [1.82, 2.24) is 10.2 Å². The number of nitrogens with one attached hydrogen (secondary N) is 1. The number of amides is 2. The molecule has 0 unspecified atom stereocenters. The molecule has 0 aliphatic carbocycles. The first-order valence-electron chi connectivity index (χ1n) is 9.82. The van der Waals surface area contributed by atoms with Crippen molar-refractivity contribution in [3.8, 4) is 5.75 Å². The molecule has 2 aliphatic heterocycles. The van der Waals surface area contributed by atoms with Crippen molar-refractivity contribution in [2.45, 2.75) is 32.2 Å². The highest BCUT2D eigenvalue weighted by Gasteiger charge is 2.39. The first-order valence-corrected chi connectivity index (χ1v) is 9.82. The first kappa shape index (κ1) is 19.8. The maximum atomic E-state index is 12.7. The number of morpholine rings is 1. The molecule has 2 saturated heterocycles. The van der Waals surface area contributed by atoms with Crippen LogP contribution in [0, 0.1) is 0 Å². The van der Waals surface area contributed by atoms with Crippen LogP contribution in [0.5, 0.6) is 5.75 Å². The molecule has 0 aromatic heterocycles. The van der Waals surface area contributed by atoms with E-state index in [0.29, 0.717) is 12.3 Å². The molecule has 1 atom stereocenters. The summed E-state index contributed by atoms with van der Waals surface area (Å²) in [6.07, 6.45) is 2.09. The lowest BCUT2D eigenvalue weighted by molar-refractivity contribution is -0.121. The van der Waals surface area contributed by atoms with Crippen LogP contribution in [0.3, 0.4) is 0 Å². The summed E-state index contributed by atoms with van der Waals surface area (Å²) in [6.45, 7) is 7.91. The van der Waals surface area contributed by atoms with Crippen molar-refractivity contribution in [2.75, 3.05) is 50.9 Å². The van der Waals surface area contributed by atoms with Gasteiger partial charge in [0.25, 0.3) is 5.91 Å². The van der Waals surface area contributed by atoms with E-state index in [9.17, 15) is 9.59 Å². The number of imide groups is 1. The molecule has 3 rings (SSSR count). The van der Waals surface area contributed by atoms with Crippen molar-refractivity contribution >= 4 is 17.5 Å². The van der Waals surface area contributed by atoms with Gasteiger partial charge in [0.1, 0.15) is 5.75 Å². The maximum absolute atomic E-state index is 12.7. The molecule has 2 heterocycles. The summed E-state index contributed by atoms with van der Waals surface area (Å²) < 4.78 is 10.9. The molecule has 0 saturated carbocycles. The van der Waals surface area contributed by atoms with Gasteiger partial charge in [0.2, 0.25) is 5.91 Å². The third-order valence-electron chi connectivity index (χ3n) is 4.86. The SMILES string of the molecule is CCCOc1ccc(N2C(=O)C[C@H](NCCCN3CCOCC3)C2=O)cc1. The predicted molar refractivity (Wildman–Crippen MR) is 103 cm³/mol. The van der Waals surface area contributed by atoms with Crippen LogP contribution in [0.25, 0.3) is 0 Å². The Morgan fingerprint density at radius 2 is 1.93 bits per heavy atom. The summed E-state index contributed by atoms with van der Waals surface area (Å²) in [4.78, 5) is 28.6. The Morgan fingerprint density at radius 3 is 2.63 bits per heavy atom. The van der Waals surface area contributed by atoms with E-state index in [4.69, 9.17) is 9.47 Å². The van der Waals surface area contributed by atoms with E-state index in [0.717, 1.165) is 58.0 Å². The molecule has 2 aliphatic rings. The van der Waals surface area contributed by atoms with Crippen molar-refractivity contribution in [1.29, 1.82) is 0 Å². The quantitative estimate of drug-likeness (QED) is 0.520. The Kier molecular flexibility index (Phi) is 7.20. The van der Waals surface area contributed by atoms with Gasteiger partial charge >= 0.3 is 0 Å². The second-order valence-corrected chi connectivity index (χ2v) is 6.93. The Morgan fingerprint density at radius 1 is 1.19 bits per heavy atom. The lowest BCUT2D eigenvalue weighted by Gasteiger charge is -2.26. The van der Waals surface area contributed by atoms with Gasteiger partial charge in [0.05, 0.1) is 38.0 Å². The molecular weight excluding hydrogens is 346 g/mol. The minimum atomic E-state index is -0.432. The Balaban J connectivity index is 1.47. The Labute approximate surface area is 160 Å². The van der Waals surface area contributed by atoms with Crippen LogP contribution in [0.4, 0.5) is 5.69 Å². The minimum Gasteiger partial charge on any atom is -0.494 e. The highest BCUT2D eigenvalue weighted by atomic mass is 16.5.